The van der Waals surface area contributed by atoms with E-state index in [1.54, 1.807) is 19.4 Å². The van der Waals surface area contributed by atoms with Crippen LogP contribution in [0.3, 0.4) is 0 Å². The zero-order valence-corrected chi connectivity index (χ0v) is 11.7. The Kier molecular flexibility index (Phi) is 4.90. The smallest absolute Gasteiger partial charge is 0.266 e. The molecule has 0 bridgehead atoms. The van der Waals surface area contributed by atoms with E-state index in [2.05, 4.69) is 10.4 Å². The quantitative estimate of drug-likeness (QED) is 0.868. The standard InChI is InChI=1S/C15H19N3O2/c1-3-16-14(11-18-15(19)5-4-10-17-18)12-6-8-13(20-2)9-7-12/h4-10,14,16H,3,11H2,1-2H3. The summed E-state index contributed by atoms with van der Waals surface area (Å²) in [5.41, 5.74) is 1.01. The molecule has 1 heterocycles. The van der Waals surface area contributed by atoms with Gasteiger partial charge in [-0.25, -0.2) is 4.68 Å². The number of likely N-dealkylation sites (N-methyl/N-ethyl adjacent to an activating group) is 1. The van der Waals surface area contributed by atoms with Crippen molar-refractivity contribution in [2.75, 3.05) is 13.7 Å². The molecule has 5 nitrogen and oxygen atoms in total. The van der Waals surface area contributed by atoms with Gasteiger partial charge in [-0.3, -0.25) is 4.79 Å². The van der Waals surface area contributed by atoms with E-state index in [-0.39, 0.29) is 11.6 Å². The SMILES string of the molecule is CCNC(Cn1ncccc1=O)c1ccc(OC)cc1. The third-order valence-corrected chi connectivity index (χ3v) is 3.11. The number of ether oxygens (including phenoxy) is 1. The van der Waals surface area contributed by atoms with Crippen LogP contribution in [-0.2, 0) is 6.54 Å². The van der Waals surface area contributed by atoms with Gasteiger partial charge in [-0.1, -0.05) is 19.1 Å². The van der Waals surface area contributed by atoms with Crippen LogP contribution in [0.5, 0.6) is 5.75 Å². The molecular formula is C15H19N3O2. The molecule has 0 aliphatic rings. The van der Waals surface area contributed by atoms with Crippen molar-refractivity contribution in [1.82, 2.24) is 15.1 Å². The maximum Gasteiger partial charge on any atom is 0.266 e. The number of hydrogen-bond donors (Lipinski definition) is 1. The summed E-state index contributed by atoms with van der Waals surface area (Å²) in [6.07, 6.45) is 1.62. The van der Waals surface area contributed by atoms with E-state index >= 15 is 0 Å². The minimum atomic E-state index is -0.0936. The minimum Gasteiger partial charge on any atom is -0.497 e. The van der Waals surface area contributed by atoms with Gasteiger partial charge in [0.05, 0.1) is 19.7 Å². The van der Waals surface area contributed by atoms with Crippen LogP contribution in [0.25, 0.3) is 0 Å². The summed E-state index contributed by atoms with van der Waals surface area (Å²) in [5.74, 6) is 0.819. The highest BCUT2D eigenvalue weighted by Crippen LogP contribution is 2.18. The summed E-state index contributed by atoms with van der Waals surface area (Å²) in [4.78, 5) is 11.7. The molecular weight excluding hydrogens is 254 g/mol. The van der Waals surface area contributed by atoms with Gasteiger partial charge >= 0.3 is 0 Å². The van der Waals surface area contributed by atoms with Crippen molar-refractivity contribution in [2.45, 2.75) is 19.5 Å². The molecule has 1 aromatic heterocycles. The number of aromatic nitrogens is 2. The van der Waals surface area contributed by atoms with E-state index in [9.17, 15) is 4.79 Å². The second kappa shape index (κ2) is 6.86. The van der Waals surface area contributed by atoms with Gasteiger partial charge in [0, 0.05) is 12.3 Å². The second-order valence-corrected chi connectivity index (χ2v) is 4.43. The summed E-state index contributed by atoms with van der Waals surface area (Å²) >= 11 is 0. The van der Waals surface area contributed by atoms with Crippen molar-refractivity contribution in [3.63, 3.8) is 0 Å². The number of nitrogens with one attached hydrogen (secondary N) is 1. The van der Waals surface area contributed by atoms with Crippen molar-refractivity contribution in [3.05, 3.63) is 58.5 Å². The molecule has 0 spiro atoms. The first-order valence-electron chi connectivity index (χ1n) is 6.64. The first-order valence-corrected chi connectivity index (χ1v) is 6.64. The number of rotatable bonds is 6. The Morgan fingerprint density at radius 3 is 2.65 bits per heavy atom. The van der Waals surface area contributed by atoms with Crippen LogP contribution in [0.1, 0.15) is 18.5 Å². The predicted molar refractivity (Wildman–Crippen MR) is 77.9 cm³/mol. The maximum absolute atomic E-state index is 11.7. The van der Waals surface area contributed by atoms with Gasteiger partial charge in [-0.05, 0) is 30.3 Å². The molecule has 1 unspecified atom stereocenters. The van der Waals surface area contributed by atoms with Crippen molar-refractivity contribution < 1.29 is 4.74 Å². The highest BCUT2D eigenvalue weighted by Gasteiger charge is 2.12. The van der Waals surface area contributed by atoms with Crippen LogP contribution < -0.4 is 15.6 Å². The van der Waals surface area contributed by atoms with Gasteiger partial charge in [0.2, 0.25) is 0 Å². The van der Waals surface area contributed by atoms with Gasteiger partial charge in [-0.2, -0.15) is 5.10 Å². The average molecular weight is 273 g/mol. The Labute approximate surface area is 118 Å². The van der Waals surface area contributed by atoms with Crippen LogP contribution >= 0.6 is 0 Å². The highest BCUT2D eigenvalue weighted by molar-refractivity contribution is 5.29. The highest BCUT2D eigenvalue weighted by atomic mass is 16.5. The summed E-state index contributed by atoms with van der Waals surface area (Å²) in [5, 5.41) is 7.47. The maximum atomic E-state index is 11.7. The van der Waals surface area contributed by atoms with Crippen LogP contribution in [0.15, 0.2) is 47.4 Å². The molecule has 1 atom stereocenters. The Morgan fingerprint density at radius 2 is 2.05 bits per heavy atom. The lowest BCUT2D eigenvalue weighted by Gasteiger charge is -2.19. The summed E-state index contributed by atoms with van der Waals surface area (Å²) in [6, 6.07) is 11.0. The number of benzene rings is 1. The second-order valence-electron chi connectivity index (χ2n) is 4.43. The molecule has 2 rings (SSSR count). The van der Waals surface area contributed by atoms with Crippen LogP contribution in [0, 0.1) is 0 Å². The fraction of sp³-hybridized carbons (Fsp3) is 0.333. The molecule has 106 valence electrons. The number of nitrogens with zero attached hydrogens (tertiary/aromatic N) is 2. The Hall–Kier alpha value is -2.14. The molecule has 5 heteroatoms. The lowest BCUT2D eigenvalue weighted by molar-refractivity contribution is 0.412. The van der Waals surface area contributed by atoms with Crippen LogP contribution in [0.4, 0.5) is 0 Å². The monoisotopic (exact) mass is 273 g/mol. The van der Waals surface area contributed by atoms with Gasteiger partial charge in [0.1, 0.15) is 5.75 Å². The van der Waals surface area contributed by atoms with Crippen molar-refractivity contribution in [3.8, 4) is 5.75 Å². The number of hydrogen-bond acceptors (Lipinski definition) is 4. The molecule has 1 N–H and O–H groups in total. The molecule has 0 radical (unpaired) electrons. The molecule has 0 saturated heterocycles. The topological polar surface area (TPSA) is 56.2 Å². The third kappa shape index (κ3) is 3.45. The zero-order valence-electron chi connectivity index (χ0n) is 11.7. The number of methoxy groups -OCH3 is 1. The summed E-state index contributed by atoms with van der Waals surface area (Å²) in [7, 11) is 1.64. The first-order chi connectivity index (χ1) is 9.74. The third-order valence-electron chi connectivity index (χ3n) is 3.11. The van der Waals surface area contributed by atoms with Gasteiger partial charge < -0.3 is 10.1 Å². The average Bonchev–Trinajstić information content (AvgIpc) is 2.49. The Balaban J connectivity index is 2.22. The van der Waals surface area contributed by atoms with Crippen molar-refractivity contribution in [2.24, 2.45) is 0 Å². The van der Waals surface area contributed by atoms with E-state index in [4.69, 9.17) is 4.74 Å². The van der Waals surface area contributed by atoms with Crippen LogP contribution in [-0.4, -0.2) is 23.4 Å². The molecule has 0 aliphatic carbocycles. The molecule has 20 heavy (non-hydrogen) atoms. The molecule has 0 fully saturated rings. The first kappa shape index (κ1) is 14.3. The predicted octanol–water partition coefficient (Wildman–Crippen LogP) is 1.60. The Bertz CT molecular complexity index is 593. The molecule has 0 aliphatic heterocycles. The van der Waals surface area contributed by atoms with Crippen molar-refractivity contribution >= 4 is 0 Å². The Morgan fingerprint density at radius 1 is 1.30 bits per heavy atom. The van der Waals surface area contributed by atoms with E-state index in [1.807, 2.05) is 31.2 Å². The van der Waals surface area contributed by atoms with E-state index < -0.39 is 0 Å². The normalized spacial score (nSPS) is 12.1. The summed E-state index contributed by atoms with van der Waals surface area (Å²) < 4.78 is 6.63. The lowest BCUT2D eigenvalue weighted by Crippen LogP contribution is -2.31. The molecule has 0 saturated carbocycles. The summed E-state index contributed by atoms with van der Waals surface area (Å²) in [6.45, 7) is 3.36. The largest absolute Gasteiger partial charge is 0.497 e. The van der Waals surface area contributed by atoms with Crippen LogP contribution in [0.2, 0.25) is 0 Å². The fourth-order valence-corrected chi connectivity index (χ4v) is 2.07. The van der Waals surface area contributed by atoms with E-state index in [0.717, 1.165) is 17.9 Å². The fourth-order valence-electron chi connectivity index (χ4n) is 2.07. The molecule has 2 aromatic rings. The van der Waals surface area contributed by atoms with Gasteiger partial charge in [0.25, 0.3) is 5.56 Å². The van der Waals surface area contributed by atoms with E-state index in [0.29, 0.717) is 6.54 Å². The van der Waals surface area contributed by atoms with Crippen molar-refractivity contribution in [1.29, 1.82) is 0 Å². The van der Waals surface area contributed by atoms with E-state index in [1.165, 1.54) is 10.7 Å². The zero-order chi connectivity index (χ0) is 14.4. The lowest BCUT2D eigenvalue weighted by atomic mass is 10.1. The molecule has 0 amide bonds. The van der Waals surface area contributed by atoms with Gasteiger partial charge in [-0.15, -0.1) is 0 Å². The molecule has 1 aromatic carbocycles. The minimum absolute atomic E-state index is 0.0403. The van der Waals surface area contributed by atoms with Gasteiger partial charge in [0.15, 0.2) is 0 Å².